The van der Waals surface area contributed by atoms with Crippen LogP contribution in [-0.4, -0.2) is 53.1 Å². The van der Waals surface area contributed by atoms with Gasteiger partial charge >= 0.3 is 54.3 Å². The van der Waals surface area contributed by atoms with E-state index in [9.17, 15) is 0 Å². The minimum absolute atomic E-state index is 0.750. The molecule has 1 nitrogen and oxygen atoms in total. The van der Waals surface area contributed by atoms with E-state index in [1.54, 1.807) is 0 Å². The summed E-state index contributed by atoms with van der Waals surface area (Å²) in [6, 6.07) is 0. The molecule has 0 fully saturated rings. The summed E-state index contributed by atoms with van der Waals surface area (Å²) in [5.74, 6) is 0. The van der Waals surface area contributed by atoms with E-state index in [2.05, 4.69) is 6.92 Å². The van der Waals surface area contributed by atoms with Crippen molar-refractivity contribution in [2.45, 2.75) is 14.7 Å². The molecule has 0 amide bonds. The molecule has 0 heterocycles. The van der Waals surface area contributed by atoms with Gasteiger partial charge in [0.15, 0.2) is 0 Å². The fraction of sp³-hybridized carbons (Fsp3) is 1.00. The second kappa shape index (κ2) is 16.0. The van der Waals surface area contributed by atoms with E-state index in [1.165, 1.54) is 0.889 Å². The Kier molecular flexibility index (Phi) is 28.0. The Bertz CT molecular complexity index is 9.51. The van der Waals surface area contributed by atoms with Gasteiger partial charge in [-0.15, -0.1) is 0 Å². The van der Waals surface area contributed by atoms with Crippen molar-refractivity contribution in [2.24, 2.45) is 5.73 Å². The molecule has 0 unspecified atom stereocenters. The van der Waals surface area contributed by atoms with Crippen LogP contribution in [0.2, 0.25) is 0.889 Å². The SMILES string of the molecule is CCN.C[CH2][Ba+2]. The summed E-state index contributed by atoms with van der Waals surface area (Å²) in [6.07, 6.45) is 0. The fourth-order valence-corrected chi connectivity index (χ4v) is 0. The summed E-state index contributed by atoms with van der Waals surface area (Å²) in [4.78, 5) is 0. The van der Waals surface area contributed by atoms with Gasteiger partial charge in [0.1, 0.15) is 0 Å². The van der Waals surface area contributed by atoms with Crippen molar-refractivity contribution in [3.05, 3.63) is 0 Å². The fourth-order valence-electron chi connectivity index (χ4n) is 0. The first-order valence-electron chi connectivity index (χ1n) is 2.32. The van der Waals surface area contributed by atoms with Crippen LogP contribution in [0, 0.1) is 0 Å². The van der Waals surface area contributed by atoms with Crippen molar-refractivity contribution in [1.82, 2.24) is 0 Å². The van der Waals surface area contributed by atoms with E-state index in [0.29, 0.717) is 0 Å². The first kappa shape index (κ1) is 10.5. The summed E-state index contributed by atoms with van der Waals surface area (Å²) in [5, 5.41) is 0. The third-order valence-electron chi connectivity index (χ3n) is 0. The second-order valence-electron chi connectivity index (χ2n) is 0.908. The van der Waals surface area contributed by atoms with Gasteiger partial charge in [0.25, 0.3) is 0 Å². The molecule has 0 aromatic carbocycles. The third kappa shape index (κ3) is 48.4. The first-order chi connectivity index (χ1) is 2.83. The average molecular weight is 211 g/mol. The van der Waals surface area contributed by atoms with Gasteiger partial charge in [-0.05, 0) is 6.54 Å². The Labute approximate surface area is 72.4 Å². The Hall–Kier alpha value is 1.53. The summed E-state index contributed by atoms with van der Waals surface area (Å²) in [7, 11) is 0. The molecule has 2 heteroatoms. The van der Waals surface area contributed by atoms with E-state index >= 15 is 0 Å². The van der Waals surface area contributed by atoms with Crippen LogP contribution in [-0.2, 0) is 0 Å². The number of nitrogens with two attached hydrogens (primary N) is 1. The van der Waals surface area contributed by atoms with Crippen LogP contribution in [0.25, 0.3) is 0 Å². The van der Waals surface area contributed by atoms with E-state index in [4.69, 9.17) is 5.73 Å². The molecule has 0 aromatic heterocycles. The molecule has 0 rings (SSSR count). The monoisotopic (exact) mass is 212 g/mol. The molecule has 2 N–H and O–H groups in total. The molecule has 6 heavy (non-hydrogen) atoms. The molecule has 7 radical (unpaired) electrons. The second-order valence-corrected chi connectivity index (χ2v) is 4.05. The molecule has 0 spiro atoms. The zero-order chi connectivity index (χ0) is 5.41. The van der Waals surface area contributed by atoms with Crippen LogP contribution >= 0.6 is 0 Å². The Morgan fingerprint density at radius 1 is 1.50 bits per heavy atom. The zero-order valence-electron chi connectivity index (χ0n) is 4.70. The molecular formula is C4H12BaN+2. The quantitative estimate of drug-likeness (QED) is 0.582. The van der Waals surface area contributed by atoms with E-state index in [0.717, 1.165) is 53.1 Å². The molecule has 0 aliphatic carbocycles. The molecule has 0 aliphatic heterocycles. The normalized spacial score (nSPS) is 6.00. The van der Waals surface area contributed by atoms with Crippen LogP contribution < -0.4 is 5.73 Å². The Balaban J connectivity index is 0. The Morgan fingerprint density at radius 3 is 1.50 bits per heavy atom. The van der Waals surface area contributed by atoms with Gasteiger partial charge in [0.05, 0.1) is 0 Å². The molecule has 33 valence electrons. The van der Waals surface area contributed by atoms with Crippen LogP contribution in [0.3, 0.4) is 0 Å². The van der Waals surface area contributed by atoms with Gasteiger partial charge in [0.2, 0.25) is 0 Å². The van der Waals surface area contributed by atoms with Crippen LogP contribution in [0.5, 0.6) is 0 Å². The summed E-state index contributed by atoms with van der Waals surface area (Å²) in [6.45, 7) is 4.86. The molecule has 0 atom stereocenters. The van der Waals surface area contributed by atoms with Gasteiger partial charge in [0, 0.05) is 0 Å². The number of rotatable bonds is 0. The minimum atomic E-state index is 0.750. The van der Waals surface area contributed by atoms with Gasteiger partial charge in [-0.1, -0.05) is 6.92 Å². The molecule has 0 bridgehead atoms. The van der Waals surface area contributed by atoms with Gasteiger partial charge in [-0.25, -0.2) is 0 Å². The third-order valence-corrected chi connectivity index (χ3v) is 0. The summed E-state index contributed by atoms with van der Waals surface area (Å²) in [5.41, 5.74) is 4.85. The topological polar surface area (TPSA) is 26.0 Å². The summed E-state index contributed by atoms with van der Waals surface area (Å²) < 4.78 is 1.44. The van der Waals surface area contributed by atoms with Crippen molar-refractivity contribution in [3.8, 4) is 0 Å². The van der Waals surface area contributed by atoms with Crippen LogP contribution in [0.15, 0.2) is 0 Å². The van der Waals surface area contributed by atoms with Crippen LogP contribution in [0.4, 0.5) is 0 Å². The van der Waals surface area contributed by atoms with Crippen molar-refractivity contribution in [1.29, 1.82) is 0 Å². The number of hydrogen-bond donors (Lipinski definition) is 1. The molecular weight excluding hydrogens is 199 g/mol. The van der Waals surface area contributed by atoms with Gasteiger partial charge in [-0.2, -0.15) is 0 Å². The zero-order valence-corrected chi connectivity index (χ0v) is 9.14. The van der Waals surface area contributed by atoms with Crippen molar-refractivity contribution >= 4 is 46.5 Å². The maximum atomic E-state index is 4.85. The van der Waals surface area contributed by atoms with Gasteiger partial charge in [-0.3, -0.25) is 0 Å². The molecule has 0 saturated heterocycles. The van der Waals surface area contributed by atoms with E-state index < -0.39 is 0 Å². The average Bonchev–Trinajstić information content (AvgIpc) is 1.39. The molecule has 0 aromatic rings. The molecule has 0 saturated carbocycles. The van der Waals surface area contributed by atoms with E-state index in [-0.39, 0.29) is 0 Å². The predicted octanol–water partition coefficient (Wildman–Crippen LogP) is 0.558. The molecule has 0 aliphatic rings. The van der Waals surface area contributed by atoms with E-state index in [1.807, 2.05) is 6.92 Å². The van der Waals surface area contributed by atoms with Crippen molar-refractivity contribution in [2.75, 3.05) is 6.54 Å². The first-order valence-corrected chi connectivity index (χ1v) is 5.46. The van der Waals surface area contributed by atoms with Crippen molar-refractivity contribution < 1.29 is 0 Å². The van der Waals surface area contributed by atoms with Gasteiger partial charge < -0.3 is 5.73 Å². The summed E-state index contributed by atoms with van der Waals surface area (Å²) >= 11 is 1.07. The Morgan fingerprint density at radius 2 is 1.50 bits per heavy atom. The maximum absolute atomic E-state index is 4.85. The predicted molar refractivity (Wildman–Crippen MR) is 31.0 cm³/mol. The number of hydrogen-bond acceptors (Lipinski definition) is 1. The van der Waals surface area contributed by atoms with Crippen molar-refractivity contribution in [3.63, 3.8) is 0 Å². The van der Waals surface area contributed by atoms with Crippen LogP contribution in [0.1, 0.15) is 13.8 Å². The standard InChI is InChI=1S/C2H7N.C2H5.Ba/c1-2-3;1-2;/h2-3H2,1H3;1H2,2H3;/q;;+2.